The highest BCUT2D eigenvalue weighted by Gasteiger charge is 1.84. The summed E-state index contributed by atoms with van der Waals surface area (Å²) < 4.78 is 0. The molecule has 0 radical (unpaired) electrons. The van der Waals surface area contributed by atoms with Crippen LogP contribution in [0.3, 0.4) is 0 Å². The first-order valence-electron chi connectivity index (χ1n) is 5.11. The van der Waals surface area contributed by atoms with Crippen LogP contribution in [0.2, 0.25) is 0 Å². The average Bonchev–Trinajstić information content (AvgIpc) is 2.30. The molecule has 0 saturated heterocycles. The Bertz CT molecular complexity index is 492. The van der Waals surface area contributed by atoms with E-state index in [1.807, 2.05) is 56.3 Å². The molecule has 0 saturated carbocycles. The summed E-state index contributed by atoms with van der Waals surface area (Å²) in [5.41, 5.74) is 2.88. The van der Waals surface area contributed by atoms with E-state index in [1.165, 1.54) is 5.57 Å². The highest BCUT2D eigenvalue weighted by molar-refractivity contribution is 5.49. The number of rotatable bonds is 1. The van der Waals surface area contributed by atoms with Gasteiger partial charge in [0.2, 0.25) is 0 Å². The molecule has 1 aromatic rings. The number of allylic oxidation sites excluding steroid dienone is 4. The molecule has 0 heterocycles. The summed E-state index contributed by atoms with van der Waals surface area (Å²) in [5, 5.41) is 0. The Balaban J connectivity index is 2.88. The molecule has 78 valence electrons. The van der Waals surface area contributed by atoms with Gasteiger partial charge in [0, 0.05) is 5.56 Å². The lowest BCUT2D eigenvalue weighted by atomic mass is 10.2. The van der Waals surface area contributed by atoms with E-state index < -0.39 is 0 Å². The van der Waals surface area contributed by atoms with E-state index >= 15 is 0 Å². The van der Waals surface area contributed by atoms with Gasteiger partial charge >= 0.3 is 0 Å². The van der Waals surface area contributed by atoms with E-state index in [0.717, 1.165) is 5.56 Å². The van der Waals surface area contributed by atoms with Gasteiger partial charge in [-0.2, -0.15) is 0 Å². The number of benzene rings is 1. The van der Waals surface area contributed by atoms with Crippen molar-refractivity contribution in [3.05, 3.63) is 59.2 Å². The third-order valence-corrected chi connectivity index (χ3v) is 1.85. The molecule has 0 spiro atoms. The Labute approximate surface area is 97.7 Å². The molecule has 0 aromatic heterocycles. The molecule has 1 aromatic carbocycles. The van der Waals surface area contributed by atoms with Crippen LogP contribution in [-0.4, -0.2) is 0 Å². The third kappa shape index (κ3) is 4.36. The quantitative estimate of drug-likeness (QED) is 0.487. The van der Waals surface area contributed by atoms with Crippen molar-refractivity contribution in [2.45, 2.75) is 13.8 Å². The summed E-state index contributed by atoms with van der Waals surface area (Å²) in [7, 11) is 0. The molecule has 0 heteroatoms. The molecular weight excluding hydrogens is 192 g/mol. The van der Waals surface area contributed by atoms with E-state index in [2.05, 4.69) is 17.8 Å². The van der Waals surface area contributed by atoms with E-state index in [1.54, 1.807) is 0 Å². The second kappa shape index (κ2) is 6.33. The molecule has 0 amide bonds. The normalized spacial score (nSPS) is 9.69. The maximum atomic E-state index is 5.37. The zero-order valence-electron chi connectivity index (χ0n) is 9.62. The Morgan fingerprint density at radius 3 is 2.38 bits per heavy atom. The van der Waals surface area contributed by atoms with Crippen molar-refractivity contribution >= 4 is 0 Å². The summed E-state index contributed by atoms with van der Waals surface area (Å²) in [6.45, 7) is 4.05. The Morgan fingerprint density at radius 2 is 1.81 bits per heavy atom. The molecule has 0 fully saturated rings. The summed E-state index contributed by atoms with van der Waals surface area (Å²) >= 11 is 0. The minimum Gasteiger partial charge on any atom is -0.114 e. The van der Waals surface area contributed by atoms with Gasteiger partial charge in [-0.25, -0.2) is 0 Å². The number of hydrogen-bond donors (Lipinski definition) is 0. The molecule has 0 aliphatic carbocycles. The first-order valence-corrected chi connectivity index (χ1v) is 5.11. The maximum absolute atomic E-state index is 5.37. The van der Waals surface area contributed by atoms with Gasteiger partial charge in [-0.05, 0) is 32.1 Å². The molecule has 0 bridgehead atoms. The minimum atomic E-state index is 0.699. The predicted molar refractivity (Wildman–Crippen MR) is 69.7 cm³/mol. The topological polar surface area (TPSA) is 0 Å². The van der Waals surface area contributed by atoms with Crippen LogP contribution in [-0.2, 0) is 0 Å². The lowest BCUT2D eigenvalue weighted by molar-refractivity contribution is 1.39. The molecule has 0 aliphatic heterocycles. The average molecular weight is 206 g/mol. The summed E-state index contributed by atoms with van der Waals surface area (Å²) in [5.74, 6) is 8.57. The van der Waals surface area contributed by atoms with E-state index in [-0.39, 0.29) is 0 Å². The van der Waals surface area contributed by atoms with E-state index in [9.17, 15) is 0 Å². The van der Waals surface area contributed by atoms with Crippen molar-refractivity contribution in [2.75, 3.05) is 0 Å². The van der Waals surface area contributed by atoms with E-state index in [4.69, 9.17) is 6.42 Å². The monoisotopic (exact) mass is 206 g/mol. The summed E-state index contributed by atoms with van der Waals surface area (Å²) in [6.07, 6.45) is 9.21. The van der Waals surface area contributed by atoms with Crippen LogP contribution in [0.25, 0.3) is 0 Å². The zero-order valence-corrected chi connectivity index (χ0v) is 9.62. The third-order valence-electron chi connectivity index (χ3n) is 1.85. The largest absolute Gasteiger partial charge is 0.114 e. The zero-order chi connectivity index (χ0) is 11.8. The fourth-order valence-corrected chi connectivity index (χ4v) is 1.04. The van der Waals surface area contributed by atoms with Gasteiger partial charge in [0.15, 0.2) is 0 Å². The SMILES string of the molecule is C#C/C(C#Cc1ccccc1)=C\C=C(C)C. The Hall–Kier alpha value is -2.18. The number of hydrogen-bond acceptors (Lipinski definition) is 0. The molecule has 0 nitrogen and oxygen atoms in total. The fraction of sp³-hybridized carbons (Fsp3) is 0.125. The van der Waals surface area contributed by atoms with Gasteiger partial charge in [0.1, 0.15) is 0 Å². The summed E-state index contributed by atoms with van der Waals surface area (Å²) in [4.78, 5) is 0. The van der Waals surface area contributed by atoms with Gasteiger partial charge in [-0.1, -0.05) is 47.6 Å². The van der Waals surface area contributed by atoms with Crippen molar-refractivity contribution in [2.24, 2.45) is 0 Å². The molecule has 1 rings (SSSR count). The first-order chi connectivity index (χ1) is 7.72. The lowest BCUT2D eigenvalue weighted by Gasteiger charge is -1.88. The van der Waals surface area contributed by atoms with Gasteiger partial charge in [0.25, 0.3) is 0 Å². The van der Waals surface area contributed by atoms with Crippen LogP contribution in [0.1, 0.15) is 19.4 Å². The van der Waals surface area contributed by atoms with Crippen molar-refractivity contribution in [3.63, 3.8) is 0 Å². The van der Waals surface area contributed by atoms with Crippen molar-refractivity contribution in [1.82, 2.24) is 0 Å². The predicted octanol–water partition coefficient (Wildman–Crippen LogP) is 3.56. The van der Waals surface area contributed by atoms with Crippen molar-refractivity contribution in [3.8, 4) is 24.2 Å². The second-order valence-electron chi connectivity index (χ2n) is 3.58. The molecule has 0 unspecified atom stereocenters. The standard InChI is InChI=1S/C16H14/c1-4-15(11-10-14(2)3)12-13-16-8-6-5-7-9-16/h1,5-11H,2-3H3/b15-11+. The van der Waals surface area contributed by atoms with Crippen LogP contribution in [0, 0.1) is 24.2 Å². The van der Waals surface area contributed by atoms with Gasteiger partial charge in [-0.3, -0.25) is 0 Å². The smallest absolute Gasteiger partial charge is 0.0745 e. The first kappa shape index (κ1) is 11.9. The molecular formula is C16H14. The molecule has 0 aliphatic rings. The minimum absolute atomic E-state index is 0.699. The van der Waals surface area contributed by atoms with Crippen molar-refractivity contribution < 1.29 is 0 Å². The second-order valence-corrected chi connectivity index (χ2v) is 3.58. The van der Waals surface area contributed by atoms with Crippen LogP contribution in [0.5, 0.6) is 0 Å². The Morgan fingerprint density at radius 1 is 1.12 bits per heavy atom. The van der Waals surface area contributed by atoms with Crippen molar-refractivity contribution in [1.29, 1.82) is 0 Å². The van der Waals surface area contributed by atoms with Crippen LogP contribution < -0.4 is 0 Å². The van der Waals surface area contributed by atoms with Crippen LogP contribution in [0.4, 0.5) is 0 Å². The summed E-state index contributed by atoms with van der Waals surface area (Å²) in [6, 6.07) is 9.80. The van der Waals surface area contributed by atoms with Gasteiger partial charge in [-0.15, -0.1) is 6.42 Å². The molecule has 16 heavy (non-hydrogen) atoms. The molecule has 0 atom stereocenters. The van der Waals surface area contributed by atoms with Crippen LogP contribution in [0.15, 0.2) is 53.6 Å². The number of terminal acetylenes is 1. The highest BCUT2D eigenvalue weighted by Crippen LogP contribution is 1.98. The van der Waals surface area contributed by atoms with E-state index in [0.29, 0.717) is 5.57 Å². The van der Waals surface area contributed by atoms with Crippen LogP contribution >= 0.6 is 0 Å². The Kier molecular flexibility index (Phi) is 4.71. The van der Waals surface area contributed by atoms with Gasteiger partial charge in [0.05, 0.1) is 5.57 Å². The molecule has 0 N–H and O–H groups in total. The maximum Gasteiger partial charge on any atom is 0.0745 e. The highest BCUT2D eigenvalue weighted by atomic mass is 13.9. The lowest BCUT2D eigenvalue weighted by Crippen LogP contribution is -1.75. The fourth-order valence-electron chi connectivity index (χ4n) is 1.04. The van der Waals surface area contributed by atoms with Gasteiger partial charge < -0.3 is 0 Å².